The van der Waals surface area contributed by atoms with E-state index in [4.69, 9.17) is 21.3 Å². The Morgan fingerprint density at radius 3 is 2.94 bits per heavy atom. The molecule has 3 aromatic heterocycles. The fourth-order valence-corrected chi connectivity index (χ4v) is 4.53. The van der Waals surface area contributed by atoms with Crippen molar-refractivity contribution >= 4 is 39.6 Å². The minimum absolute atomic E-state index is 0.0300. The van der Waals surface area contributed by atoms with Gasteiger partial charge in [-0.25, -0.2) is 9.97 Å². The van der Waals surface area contributed by atoms with Crippen LogP contribution in [0.4, 0.5) is 5.82 Å². The Labute approximate surface area is 190 Å². The highest BCUT2D eigenvalue weighted by molar-refractivity contribution is 6.36. The van der Waals surface area contributed by atoms with Crippen LogP contribution in [-0.4, -0.2) is 38.6 Å². The van der Waals surface area contributed by atoms with Crippen LogP contribution in [0.25, 0.3) is 16.4 Å². The van der Waals surface area contributed by atoms with Crippen molar-refractivity contribution in [1.82, 2.24) is 19.6 Å². The maximum Gasteiger partial charge on any atom is 0.182 e. The molecule has 0 amide bonds. The van der Waals surface area contributed by atoms with Crippen LogP contribution < -0.4 is 5.32 Å². The Kier molecular flexibility index (Phi) is 5.76. The van der Waals surface area contributed by atoms with E-state index in [0.717, 1.165) is 40.8 Å². The zero-order valence-corrected chi connectivity index (χ0v) is 18.5. The van der Waals surface area contributed by atoms with Gasteiger partial charge in [-0.1, -0.05) is 23.7 Å². The Morgan fingerprint density at radius 1 is 1.25 bits per heavy atom. The number of benzene rings is 1. The van der Waals surface area contributed by atoms with Crippen LogP contribution >= 0.6 is 11.6 Å². The predicted octanol–water partition coefficient (Wildman–Crippen LogP) is 5.10. The molecule has 32 heavy (non-hydrogen) atoms. The second kappa shape index (κ2) is 8.84. The van der Waals surface area contributed by atoms with Crippen molar-refractivity contribution in [2.24, 2.45) is 5.92 Å². The van der Waals surface area contributed by atoms with Crippen molar-refractivity contribution in [3.63, 3.8) is 0 Å². The summed E-state index contributed by atoms with van der Waals surface area (Å²) < 4.78 is 7.18. The van der Waals surface area contributed by atoms with E-state index in [0.29, 0.717) is 36.3 Å². The third-order valence-corrected chi connectivity index (χ3v) is 6.32. The quantitative estimate of drug-likeness (QED) is 0.412. The van der Waals surface area contributed by atoms with E-state index in [9.17, 15) is 4.79 Å². The van der Waals surface area contributed by atoms with Gasteiger partial charge in [0.25, 0.3) is 0 Å². The highest BCUT2D eigenvalue weighted by Crippen LogP contribution is 2.31. The molecule has 7 nitrogen and oxygen atoms in total. The van der Waals surface area contributed by atoms with Gasteiger partial charge in [-0.3, -0.25) is 4.79 Å². The zero-order chi connectivity index (χ0) is 22.1. The summed E-state index contributed by atoms with van der Waals surface area (Å²) in [5.74, 6) is 1.15. The van der Waals surface area contributed by atoms with Crippen LogP contribution in [0, 0.1) is 5.92 Å². The molecule has 0 radical (unpaired) electrons. The number of hydrogen-bond donors (Lipinski definition) is 1. The van der Waals surface area contributed by atoms with Gasteiger partial charge in [0.05, 0.1) is 23.0 Å². The summed E-state index contributed by atoms with van der Waals surface area (Å²) >= 11 is 6.52. The highest BCUT2D eigenvalue weighted by Gasteiger charge is 2.23. The molecule has 1 aromatic carbocycles. The van der Waals surface area contributed by atoms with Crippen molar-refractivity contribution < 1.29 is 9.53 Å². The van der Waals surface area contributed by atoms with E-state index in [1.807, 2.05) is 43.3 Å². The lowest BCUT2D eigenvalue weighted by Gasteiger charge is -2.22. The number of nitrogens with one attached hydrogen (secondary N) is 1. The molecule has 1 N–H and O–H groups in total. The maximum atomic E-state index is 13.3. The van der Waals surface area contributed by atoms with Crippen LogP contribution in [0.15, 0.2) is 48.8 Å². The van der Waals surface area contributed by atoms with Crippen LogP contribution in [0.3, 0.4) is 0 Å². The van der Waals surface area contributed by atoms with E-state index < -0.39 is 0 Å². The fraction of sp³-hybridized carbons (Fsp3) is 0.333. The lowest BCUT2D eigenvalue weighted by atomic mass is 9.92. The first-order valence-corrected chi connectivity index (χ1v) is 11.2. The molecule has 164 valence electrons. The standard InChI is InChI=1S/C24H24ClN5O2/c1-15(28-22-5-9-26-21-6-10-27-30(21)22)19-14-17-3-2-4-18(25)23(17)24(29-19)20(31)13-16-7-11-32-12-8-16/h2-6,9-10,14-16,28H,7-8,11-13H2,1H3/t15-/m0/s1. The van der Waals surface area contributed by atoms with Crippen LogP contribution in [-0.2, 0) is 4.74 Å². The number of aromatic nitrogens is 4. The van der Waals surface area contributed by atoms with Crippen molar-refractivity contribution in [3.8, 4) is 0 Å². The van der Waals surface area contributed by atoms with Crippen LogP contribution in [0.1, 0.15) is 48.4 Å². The normalized spacial score (nSPS) is 15.8. The molecule has 1 saturated heterocycles. The molecule has 4 heterocycles. The average molecular weight is 450 g/mol. The summed E-state index contributed by atoms with van der Waals surface area (Å²) in [6.45, 7) is 3.44. The monoisotopic (exact) mass is 449 g/mol. The summed E-state index contributed by atoms with van der Waals surface area (Å²) in [6.07, 6.45) is 5.71. The van der Waals surface area contributed by atoms with E-state index in [1.54, 1.807) is 16.9 Å². The molecule has 1 aliphatic rings. The summed E-state index contributed by atoms with van der Waals surface area (Å²) in [7, 11) is 0. The first-order valence-electron chi connectivity index (χ1n) is 10.9. The summed E-state index contributed by atoms with van der Waals surface area (Å²) in [4.78, 5) is 22.5. The number of hydrogen-bond acceptors (Lipinski definition) is 6. The molecule has 0 bridgehead atoms. The molecule has 1 fully saturated rings. The van der Waals surface area contributed by atoms with E-state index in [-0.39, 0.29) is 11.8 Å². The van der Waals surface area contributed by atoms with Crippen molar-refractivity contribution in [3.05, 3.63) is 65.2 Å². The fourth-order valence-electron chi connectivity index (χ4n) is 4.26. The van der Waals surface area contributed by atoms with E-state index in [1.165, 1.54) is 0 Å². The van der Waals surface area contributed by atoms with Crippen molar-refractivity contribution in [2.75, 3.05) is 18.5 Å². The number of anilines is 1. The number of fused-ring (bicyclic) bond motifs is 2. The lowest BCUT2D eigenvalue weighted by molar-refractivity contribution is 0.0600. The topological polar surface area (TPSA) is 81.4 Å². The molecule has 5 rings (SSSR count). The third kappa shape index (κ3) is 4.06. The number of nitrogens with zero attached hydrogens (tertiary/aromatic N) is 4. The Balaban J connectivity index is 1.50. The average Bonchev–Trinajstić information content (AvgIpc) is 3.29. The number of ether oxygens (including phenoxy) is 1. The van der Waals surface area contributed by atoms with Gasteiger partial charge in [-0.2, -0.15) is 9.61 Å². The second-order valence-electron chi connectivity index (χ2n) is 8.21. The SMILES string of the molecule is C[C@H](Nc1ccnc2ccnn12)c1cc2cccc(Cl)c2c(C(=O)CC2CCOCC2)n1. The van der Waals surface area contributed by atoms with Crippen molar-refractivity contribution in [2.45, 2.75) is 32.2 Å². The number of rotatable bonds is 6. The molecule has 0 unspecified atom stereocenters. The first-order chi connectivity index (χ1) is 15.6. The van der Waals surface area contributed by atoms with Gasteiger partial charge in [0.2, 0.25) is 0 Å². The van der Waals surface area contributed by atoms with Gasteiger partial charge >= 0.3 is 0 Å². The minimum atomic E-state index is -0.164. The van der Waals surface area contributed by atoms with Gasteiger partial charge in [0.1, 0.15) is 11.5 Å². The Hall–Kier alpha value is -3.03. The molecular weight excluding hydrogens is 426 g/mol. The number of pyridine rings is 1. The predicted molar refractivity (Wildman–Crippen MR) is 124 cm³/mol. The Bertz CT molecular complexity index is 1280. The first kappa shape index (κ1) is 20.8. The lowest BCUT2D eigenvalue weighted by Crippen LogP contribution is -2.20. The number of Topliss-reactive ketones (excluding diaryl/α,β-unsaturated/α-hetero) is 1. The van der Waals surface area contributed by atoms with Gasteiger partial charge in [0, 0.05) is 37.3 Å². The van der Waals surface area contributed by atoms with Crippen LogP contribution in [0.5, 0.6) is 0 Å². The van der Waals surface area contributed by atoms with Gasteiger partial charge in [0.15, 0.2) is 11.4 Å². The van der Waals surface area contributed by atoms with Gasteiger partial charge < -0.3 is 10.1 Å². The maximum absolute atomic E-state index is 13.3. The van der Waals surface area contributed by atoms with Gasteiger partial charge in [-0.05, 0) is 49.3 Å². The molecule has 8 heteroatoms. The molecule has 1 aliphatic heterocycles. The van der Waals surface area contributed by atoms with Crippen LogP contribution in [0.2, 0.25) is 5.02 Å². The smallest absolute Gasteiger partial charge is 0.182 e. The van der Waals surface area contributed by atoms with Gasteiger partial charge in [-0.15, -0.1) is 0 Å². The van der Waals surface area contributed by atoms with E-state index in [2.05, 4.69) is 15.4 Å². The highest BCUT2D eigenvalue weighted by atomic mass is 35.5. The largest absolute Gasteiger partial charge is 0.381 e. The summed E-state index contributed by atoms with van der Waals surface area (Å²) in [6, 6.07) is 11.2. The van der Waals surface area contributed by atoms with Crippen molar-refractivity contribution in [1.29, 1.82) is 0 Å². The number of carbonyl (C=O) groups excluding carboxylic acids is 1. The summed E-state index contributed by atoms with van der Waals surface area (Å²) in [5.41, 5.74) is 1.97. The zero-order valence-electron chi connectivity index (χ0n) is 17.8. The number of halogens is 1. The van der Waals surface area contributed by atoms with E-state index >= 15 is 0 Å². The number of ketones is 1. The molecule has 0 aliphatic carbocycles. The third-order valence-electron chi connectivity index (χ3n) is 6.00. The second-order valence-corrected chi connectivity index (χ2v) is 8.62. The molecular formula is C24H24ClN5O2. The number of carbonyl (C=O) groups is 1. The summed E-state index contributed by atoms with van der Waals surface area (Å²) in [5, 5.41) is 9.96. The molecule has 0 spiro atoms. The minimum Gasteiger partial charge on any atom is -0.381 e. The molecule has 4 aromatic rings. The Morgan fingerprint density at radius 2 is 2.09 bits per heavy atom. The molecule has 0 saturated carbocycles. The molecule has 1 atom stereocenters.